The maximum absolute atomic E-state index is 12.4. The maximum atomic E-state index is 12.4. The van der Waals surface area contributed by atoms with Crippen molar-refractivity contribution in [3.05, 3.63) is 24.3 Å². The number of nitrogens with one attached hydrogen (secondary N) is 1. The number of esters is 1. The Hall–Kier alpha value is -1.66. The SMILES string of the molecule is CCCCCCCC/C=C\CCCCCCCC(=O)OCCCCCCCCCCC/C=C\CCCCCCCC(=O)NC(CO)C(O)CCCCCCCCCCCC. The zero-order valence-corrected chi connectivity index (χ0v) is 40.2. The van der Waals surface area contributed by atoms with Gasteiger partial charge in [-0.15, -0.1) is 0 Å². The van der Waals surface area contributed by atoms with Crippen molar-refractivity contribution in [1.82, 2.24) is 5.32 Å². The third kappa shape index (κ3) is 45.9. The Morgan fingerprint density at radius 1 is 0.450 bits per heavy atom. The standard InChI is InChI=1S/C54H103NO5/c1-3-5-7-9-11-13-15-16-21-25-28-32-36-40-44-48-54(59)60-49-45-41-37-33-29-26-23-20-18-17-19-22-24-27-31-35-39-43-47-53(58)55-51(50-56)52(57)46-42-38-34-30-14-12-10-8-6-4-2/h16,19,21-22,51-52,56-57H,3-15,17-18,20,23-50H2,1-2H3,(H,55,58)/b21-16-,22-19-. The Bertz CT molecular complexity index is 935. The van der Waals surface area contributed by atoms with Crippen LogP contribution in [0.4, 0.5) is 0 Å². The van der Waals surface area contributed by atoms with Crippen LogP contribution in [0.3, 0.4) is 0 Å². The number of rotatable bonds is 49. The van der Waals surface area contributed by atoms with E-state index in [0.29, 0.717) is 25.9 Å². The molecular weight excluding hydrogens is 743 g/mol. The molecule has 0 spiro atoms. The van der Waals surface area contributed by atoms with E-state index in [1.807, 2.05) is 0 Å². The average Bonchev–Trinajstić information content (AvgIpc) is 3.25. The highest BCUT2D eigenvalue weighted by Gasteiger charge is 2.20. The third-order valence-electron chi connectivity index (χ3n) is 12.2. The van der Waals surface area contributed by atoms with Gasteiger partial charge in [0.1, 0.15) is 0 Å². The van der Waals surface area contributed by atoms with Gasteiger partial charge in [-0.25, -0.2) is 0 Å². The van der Waals surface area contributed by atoms with Gasteiger partial charge in [-0.05, 0) is 77.0 Å². The molecule has 0 radical (unpaired) electrons. The summed E-state index contributed by atoms with van der Waals surface area (Å²) >= 11 is 0. The summed E-state index contributed by atoms with van der Waals surface area (Å²) in [5.74, 6) is -0.0567. The molecule has 0 aromatic heterocycles. The number of ether oxygens (including phenoxy) is 1. The van der Waals surface area contributed by atoms with Crippen LogP contribution in [0.5, 0.6) is 0 Å². The lowest BCUT2D eigenvalue weighted by molar-refractivity contribution is -0.143. The van der Waals surface area contributed by atoms with Crippen molar-refractivity contribution in [3.8, 4) is 0 Å². The van der Waals surface area contributed by atoms with Crippen LogP contribution in [0.25, 0.3) is 0 Å². The number of aliphatic hydroxyl groups excluding tert-OH is 2. The Morgan fingerprint density at radius 3 is 1.18 bits per heavy atom. The monoisotopic (exact) mass is 846 g/mol. The molecule has 0 aliphatic heterocycles. The largest absolute Gasteiger partial charge is 0.466 e. The van der Waals surface area contributed by atoms with Crippen LogP contribution >= 0.6 is 0 Å². The number of carbonyl (C=O) groups is 2. The number of allylic oxidation sites excluding steroid dienone is 4. The molecule has 0 bridgehead atoms. The average molecular weight is 846 g/mol. The molecule has 1 amide bonds. The number of unbranched alkanes of at least 4 members (excludes halogenated alkanes) is 34. The van der Waals surface area contributed by atoms with Gasteiger partial charge in [0.25, 0.3) is 0 Å². The Kier molecular flexibility index (Phi) is 48.6. The number of hydrogen-bond acceptors (Lipinski definition) is 5. The lowest BCUT2D eigenvalue weighted by Gasteiger charge is -2.22. The first-order chi connectivity index (χ1) is 29.5. The summed E-state index contributed by atoms with van der Waals surface area (Å²) < 4.78 is 5.46. The van der Waals surface area contributed by atoms with Crippen molar-refractivity contribution in [1.29, 1.82) is 0 Å². The number of amides is 1. The van der Waals surface area contributed by atoms with Crippen LogP contribution in [0.2, 0.25) is 0 Å². The molecule has 0 aliphatic rings. The van der Waals surface area contributed by atoms with E-state index in [2.05, 4.69) is 43.5 Å². The molecule has 0 saturated carbocycles. The van der Waals surface area contributed by atoms with Gasteiger partial charge in [-0.3, -0.25) is 9.59 Å². The highest BCUT2D eigenvalue weighted by molar-refractivity contribution is 5.76. The van der Waals surface area contributed by atoms with Crippen LogP contribution in [0.15, 0.2) is 24.3 Å². The predicted octanol–water partition coefficient (Wildman–Crippen LogP) is 15.9. The van der Waals surface area contributed by atoms with Gasteiger partial charge in [0.2, 0.25) is 5.91 Å². The van der Waals surface area contributed by atoms with E-state index in [1.165, 1.54) is 193 Å². The van der Waals surface area contributed by atoms with Crippen molar-refractivity contribution in [3.63, 3.8) is 0 Å². The number of hydrogen-bond donors (Lipinski definition) is 3. The molecule has 0 aliphatic carbocycles. The van der Waals surface area contributed by atoms with Crippen molar-refractivity contribution < 1.29 is 24.5 Å². The molecule has 3 N–H and O–H groups in total. The Balaban J connectivity index is 3.43. The normalized spacial score (nSPS) is 12.8. The van der Waals surface area contributed by atoms with Gasteiger partial charge < -0.3 is 20.3 Å². The first-order valence-electron chi connectivity index (χ1n) is 26.6. The summed E-state index contributed by atoms with van der Waals surface area (Å²) in [6, 6.07) is -0.549. The highest BCUT2D eigenvalue weighted by atomic mass is 16.5. The molecule has 354 valence electrons. The number of carbonyl (C=O) groups excluding carboxylic acids is 2. The van der Waals surface area contributed by atoms with E-state index in [0.717, 1.165) is 57.8 Å². The molecule has 2 atom stereocenters. The topological polar surface area (TPSA) is 95.9 Å². The fraction of sp³-hybridized carbons (Fsp3) is 0.889. The molecule has 0 saturated heterocycles. The van der Waals surface area contributed by atoms with E-state index in [9.17, 15) is 19.8 Å². The summed E-state index contributed by atoms with van der Waals surface area (Å²) in [6.45, 7) is 4.91. The maximum Gasteiger partial charge on any atom is 0.305 e. The quantitative estimate of drug-likeness (QED) is 0.0322. The summed E-state index contributed by atoms with van der Waals surface area (Å²) in [5.41, 5.74) is 0. The lowest BCUT2D eigenvalue weighted by atomic mass is 10.0. The van der Waals surface area contributed by atoms with E-state index in [4.69, 9.17) is 4.74 Å². The van der Waals surface area contributed by atoms with Gasteiger partial charge in [-0.2, -0.15) is 0 Å². The van der Waals surface area contributed by atoms with Crippen molar-refractivity contribution in [2.45, 2.75) is 296 Å². The zero-order chi connectivity index (χ0) is 43.7. The van der Waals surface area contributed by atoms with Crippen LogP contribution < -0.4 is 5.32 Å². The fourth-order valence-corrected chi connectivity index (χ4v) is 8.10. The van der Waals surface area contributed by atoms with Gasteiger partial charge in [0.05, 0.1) is 25.4 Å². The molecule has 0 fully saturated rings. The first kappa shape index (κ1) is 58.3. The summed E-state index contributed by atoms with van der Waals surface area (Å²) in [6.07, 6.45) is 58.7. The Labute approximate surface area is 373 Å². The molecule has 6 heteroatoms. The van der Waals surface area contributed by atoms with Crippen LogP contribution in [-0.4, -0.2) is 47.4 Å². The van der Waals surface area contributed by atoms with Crippen molar-refractivity contribution >= 4 is 11.9 Å². The molecule has 0 rings (SSSR count). The van der Waals surface area contributed by atoms with Crippen molar-refractivity contribution in [2.75, 3.05) is 13.2 Å². The highest BCUT2D eigenvalue weighted by Crippen LogP contribution is 2.16. The smallest absolute Gasteiger partial charge is 0.305 e. The van der Waals surface area contributed by atoms with Crippen LogP contribution in [0, 0.1) is 0 Å². The molecule has 0 heterocycles. The van der Waals surface area contributed by atoms with E-state index >= 15 is 0 Å². The van der Waals surface area contributed by atoms with Crippen LogP contribution in [-0.2, 0) is 14.3 Å². The minimum Gasteiger partial charge on any atom is -0.466 e. The predicted molar refractivity (Wildman–Crippen MR) is 260 cm³/mol. The van der Waals surface area contributed by atoms with Gasteiger partial charge in [-0.1, -0.05) is 218 Å². The summed E-state index contributed by atoms with van der Waals surface area (Å²) in [5, 5.41) is 23.1. The minimum atomic E-state index is -0.671. The molecular formula is C54H103NO5. The van der Waals surface area contributed by atoms with Gasteiger partial charge >= 0.3 is 5.97 Å². The fourth-order valence-electron chi connectivity index (χ4n) is 8.10. The van der Waals surface area contributed by atoms with Gasteiger partial charge in [0, 0.05) is 12.8 Å². The second-order valence-corrected chi connectivity index (χ2v) is 18.2. The van der Waals surface area contributed by atoms with Crippen molar-refractivity contribution in [2.24, 2.45) is 0 Å². The summed E-state index contributed by atoms with van der Waals surface area (Å²) in [4.78, 5) is 24.4. The zero-order valence-electron chi connectivity index (χ0n) is 40.2. The molecule has 0 aromatic carbocycles. The number of aliphatic hydroxyl groups is 2. The van der Waals surface area contributed by atoms with E-state index < -0.39 is 12.1 Å². The molecule has 6 nitrogen and oxygen atoms in total. The van der Waals surface area contributed by atoms with E-state index in [-0.39, 0.29) is 18.5 Å². The Morgan fingerprint density at radius 2 is 0.783 bits per heavy atom. The minimum absolute atomic E-state index is 0.00530. The first-order valence-corrected chi connectivity index (χ1v) is 26.6. The van der Waals surface area contributed by atoms with Gasteiger partial charge in [0.15, 0.2) is 0 Å². The molecule has 0 aromatic rings. The third-order valence-corrected chi connectivity index (χ3v) is 12.2. The van der Waals surface area contributed by atoms with E-state index in [1.54, 1.807) is 0 Å². The molecule has 2 unspecified atom stereocenters. The second-order valence-electron chi connectivity index (χ2n) is 18.2. The second kappa shape index (κ2) is 50.0. The van der Waals surface area contributed by atoms with Crippen LogP contribution in [0.1, 0.15) is 284 Å². The lowest BCUT2D eigenvalue weighted by Crippen LogP contribution is -2.45. The summed E-state index contributed by atoms with van der Waals surface area (Å²) in [7, 11) is 0. The molecule has 60 heavy (non-hydrogen) atoms.